The molecule has 0 rings (SSSR count). The van der Waals surface area contributed by atoms with Crippen LogP contribution in [-0.4, -0.2) is 41.7 Å². The molecule has 0 saturated heterocycles. The molecule has 0 fully saturated rings. The average Bonchev–Trinajstić information content (AvgIpc) is 0. The fourth-order valence-corrected chi connectivity index (χ4v) is 0. The molecule has 0 aromatic rings. The van der Waals surface area contributed by atoms with Gasteiger partial charge in [-0.2, -0.15) is 0 Å². The van der Waals surface area contributed by atoms with Gasteiger partial charge in [-0.1, -0.05) is 0 Å². The number of hydrogen-bond donors (Lipinski definition) is 0. The molecule has 2 N–H and O–H groups in total. The second-order valence-corrected chi connectivity index (χ2v) is 0. The Hall–Kier alpha value is 2.12. The largest absolute Gasteiger partial charge is 0.412 e. The fourth-order valence-electron chi connectivity index (χ4n) is 0. The van der Waals surface area contributed by atoms with Crippen LogP contribution >= 0.6 is 0 Å². The molecule has 0 aromatic carbocycles. The fraction of sp³-hybridized carbons (Fsp3) is 0. The zero-order chi connectivity index (χ0) is 0. The van der Waals surface area contributed by atoms with E-state index in [1.54, 1.807) is 0 Å². The Balaban J connectivity index is 0. The minimum Gasteiger partial charge on any atom is -0.412 e. The van der Waals surface area contributed by atoms with Crippen LogP contribution in [0.4, 0.5) is 0 Å². The summed E-state index contributed by atoms with van der Waals surface area (Å²) < 4.78 is 0. The van der Waals surface area contributed by atoms with Crippen LogP contribution in [0, 0.1) is 0 Å². The summed E-state index contributed by atoms with van der Waals surface area (Å²) in [7, 11) is 0. The van der Waals surface area contributed by atoms with Gasteiger partial charge in [0.1, 0.15) is 0 Å². The van der Waals surface area contributed by atoms with E-state index in [1.165, 1.54) is 0 Å². The first kappa shape index (κ1) is 59.5. The van der Waals surface area contributed by atoms with Crippen molar-refractivity contribution in [2.75, 3.05) is 0 Å². The Kier molecular flexibility index (Phi) is 425. The summed E-state index contributed by atoms with van der Waals surface area (Å²) in [5.41, 5.74) is 0. The summed E-state index contributed by atoms with van der Waals surface area (Å²) >= 11 is 0. The Morgan fingerprint density at radius 1 is 1.00 bits per heavy atom. The standard InChI is InChI=1S/Al.Co.Cu.Li.H2O/h;;;;1H2. The maximum absolute atomic E-state index is 0. The van der Waals surface area contributed by atoms with Crippen LogP contribution in [-0.2, 0) is 33.8 Å². The summed E-state index contributed by atoms with van der Waals surface area (Å²) in [6.45, 7) is 0. The first-order chi connectivity index (χ1) is 0. The van der Waals surface area contributed by atoms with Crippen LogP contribution in [0.5, 0.6) is 0 Å². The van der Waals surface area contributed by atoms with Crippen molar-refractivity contribution < 1.29 is 39.3 Å². The molecule has 32 valence electrons. The van der Waals surface area contributed by atoms with Crippen LogP contribution in [0.2, 0.25) is 0 Å². The molecule has 0 bridgehead atoms. The predicted octanol–water partition coefficient (Wildman–Crippen LogP) is -1.59. The van der Waals surface area contributed by atoms with Gasteiger partial charge < -0.3 is 5.48 Å². The quantitative estimate of drug-likeness (QED) is 0.397. The molecule has 1 nitrogen and oxygen atoms in total. The van der Waals surface area contributed by atoms with E-state index in [-0.39, 0.29) is 75.5 Å². The number of hydrogen-bond acceptors (Lipinski definition) is 0. The molecule has 0 saturated carbocycles. The van der Waals surface area contributed by atoms with E-state index >= 15 is 0 Å². The van der Waals surface area contributed by atoms with Crippen molar-refractivity contribution in [3.05, 3.63) is 0 Å². The first-order valence-electron chi connectivity index (χ1n) is 0. The second-order valence-electron chi connectivity index (χ2n) is 0. The zero-order valence-electron chi connectivity index (χ0n) is 2.71. The minimum atomic E-state index is 0. The molecular formula is H2AlCoCuLiO. The maximum Gasteiger partial charge on any atom is 0 e. The van der Waals surface area contributed by atoms with Gasteiger partial charge in [0.25, 0.3) is 0 Å². The number of rotatable bonds is 0. The monoisotopic (exact) mass is 174 g/mol. The third-order valence-corrected chi connectivity index (χ3v) is 0. The molecule has 0 aromatic heterocycles. The summed E-state index contributed by atoms with van der Waals surface area (Å²) in [5.74, 6) is 0. The van der Waals surface area contributed by atoms with Gasteiger partial charge in [0.15, 0.2) is 0 Å². The van der Waals surface area contributed by atoms with E-state index < -0.39 is 0 Å². The average molecular weight is 174 g/mol. The Bertz CT molecular complexity index is 11.6. The Morgan fingerprint density at radius 2 is 1.00 bits per heavy atom. The molecule has 6 radical (unpaired) electrons. The van der Waals surface area contributed by atoms with Crippen molar-refractivity contribution in [2.45, 2.75) is 0 Å². The molecule has 0 aliphatic carbocycles. The maximum atomic E-state index is 0. The molecule has 0 amide bonds. The molecule has 0 unspecified atom stereocenters. The molecule has 5 heteroatoms. The molecule has 0 atom stereocenters. The first-order valence-corrected chi connectivity index (χ1v) is 0. The van der Waals surface area contributed by atoms with Crippen LogP contribution in [0.3, 0.4) is 0 Å². The van der Waals surface area contributed by atoms with E-state index in [4.69, 9.17) is 0 Å². The van der Waals surface area contributed by atoms with Gasteiger partial charge in [-0.15, -0.1) is 0 Å². The molecular weight excluding hydrogens is 172 g/mol. The molecule has 0 heterocycles. The van der Waals surface area contributed by atoms with Gasteiger partial charge >= 0.3 is 0 Å². The summed E-state index contributed by atoms with van der Waals surface area (Å²) in [6, 6.07) is 0. The van der Waals surface area contributed by atoms with Crippen LogP contribution in [0.1, 0.15) is 0 Å². The predicted molar refractivity (Wildman–Crippen MR) is 15.1 cm³/mol. The third kappa shape index (κ3) is 23.1. The third-order valence-electron chi connectivity index (χ3n) is 0. The van der Waals surface area contributed by atoms with Crippen molar-refractivity contribution in [1.29, 1.82) is 0 Å². The second kappa shape index (κ2) is 35.8. The van der Waals surface area contributed by atoms with Crippen LogP contribution in [0.15, 0.2) is 0 Å². The normalized spacial score (nSPS) is 0. The summed E-state index contributed by atoms with van der Waals surface area (Å²) in [5, 5.41) is 0. The van der Waals surface area contributed by atoms with E-state index in [0.717, 1.165) is 0 Å². The Morgan fingerprint density at radius 3 is 1.00 bits per heavy atom. The van der Waals surface area contributed by atoms with E-state index in [9.17, 15) is 0 Å². The Labute approximate surface area is 74.9 Å². The summed E-state index contributed by atoms with van der Waals surface area (Å²) in [4.78, 5) is 0. The van der Waals surface area contributed by atoms with Crippen molar-refractivity contribution in [3.8, 4) is 0 Å². The van der Waals surface area contributed by atoms with Gasteiger partial charge in [0.05, 0.1) is 0 Å². The van der Waals surface area contributed by atoms with Gasteiger partial charge in [0, 0.05) is 70.1 Å². The van der Waals surface area contributed by atoms with Crippen molar-refractivity contribution in [2.24, 2.45) is 0 Å². The van der Waals surface area contributed by atoms with Gasteiger partial charge in [-0.25, -0.2) is 0 Å². The topological polar surface area (TPSA) is 31.5 Å². The molecule has 0 aliphatic heterocycles. The SMILES string of the molecule is O.[Al].[Co].[Cu].[Li]. The van der Waals surface area contributed by atoms with Gasteiger partial charge in [-0.3, -0.25) is 0 Å². The van der Waals surface area contributed by atoms with Gasteiger partial charge in [0.2, 0.25) is 0 Å². The van der Waals surface area contributed by atoms with Crippen molar-refractivity contribution in [1.82, 2.24) is 0 Å². The van der Waals surface area contributed by atoms with Crippen molar-refractivity contribution >= 4 is 36.2 Å². The van der Waals surface area contributed by atoms with Gasteiger partial charge in [-0.05, 0) is 0 Å². The van der Waals surface area contributed by atoms with Crippen LogP contribution < -0.4 is 0 Å². The molecule has 5 heavy (non-hydrogen) atoms. The van der Waals surface area contributed by atoms with Crippen molar-refractivity contribution in [3.63, 3.8) is 0 Å². The van der Waals surface area contributed by atoms with E-state index in [0.29, 0.717) is 0 Å². The summed E-state index contributed by atoms with van der Waals surface area (Å²) in [6.07, 6.45) is 0. The smallest absolute Gasteiger partial charge is 0 e. The molecule has 0 spiro atoms. The zero-order valence-corrected chi connectivity index (χ0v) is 5.85. The van der Waals surface area contributed by atoms with E-state index in [2.05, 4.69) is 0 Å². The van der Waals surface area contributed by atoms with E-state index in [1.807, 2.05) is 0 Å². The molecule has 0 aliphatic rings. The minimum absolute atomic E-state index is 0. The van der Waals surface area contributed by atoms with Crippen LogP contribution in [0.25, 0.3) is 0 Å².